The molecule has 1 N–H and O–H groups in total. The molecule has 2 aromatic rings. The molecule has 0 aliphatic rings. The van der Waals surface area contributed by atoms with Gasteiger partial charge in [-0.05, 0) is 30.2 Å². The Morgan fingerprint density at radius 1 is 1.08 bits per heavy atom. The lowest BCUT2D eigenvalue weighted by Gasteiger charge is -2.14. The molecule has 0 heterocycles. The average Bonchev–Trinajstić information content (AvgIpc) is 2.61. The fraction of sp³-hybridized carbons (Fsp3) is 0.263. The molecule has 0 saturated carbocycles. The normalized spacial score (nSPS) is 12.3. The smallest absolute Gasteiger partial charge is 0.416 e. The molecule has 1 atom stereocenters. The number of amides is 1. The van der Waals surface area contributed by atoms with Crippen molar-refractivity contribution in [2.75, 3.05) is 11.9 Å². The van der Waals surface area contributed by atoms with Crippen molar-refractivity contribution in [3.8, 4) is 0 Å². The molecular formula is C19H18F3NO3. The number of nitrogens with one attached hydrogen (secondary N) is 1. The van der Waals surface area contributed by atoms with Crippen molar-refractivity contribution >= 4 is 17.6 Å². The molecular weight excluding hydrogens is 347 g/mol. The standard InChI is InChI=1S/C19H18F3NO3/c1-2-16(13-7-4-3-5-8-13)18(25)26-12-17(24)23-15-10-6-9-14(11-15)19(20,21)22/h3-11,16H,2,12H2,1H3,(H,23,24)/t16-/m0/s1. The first kappa shape index (κ1) is 19.5. The molecule has 0 aliphatic carbocycles. The van der Waals surface area contributed by atoms with Crippen LogP contribution in [0.2, 0.25) is 0 Å². The summed E-state index contributed by atoms with van der Waals surface area (Å²) in [6.45, 7) is 1.25. The summed E-state index contributed by atoms with van der Waals surface area (Å²) in [6, 6.07) is 13.2. The van der Waals surface area contributed by atoms with Gasteiger partial charge in [0.15, 0.2) is 6.61 Å². The van der Waals surface area contributed by atoms with Crippen molar-refractivity contribution in [2.24, 2.45) is 0 Å². The second kappa shape index (κ2) is 8.51. The SMILES string of the molecule is CC[C@H](C(=O)OCC(=O)Nc1cccc(C(F)(F)F)c1)c1ccccc1. The van der Waals surface area contributed by atoms with E-state index in [9.17, 15) is 22.8 Å². The number of benzene rings is 2. The number of alkyl halides is 3. The molecule has 2 rings (SSSR count). The number of hydrogen-bond donors (Lipinski definition) is 1. The second-order valence-corrected chi connectivity index (χ2v) is 5.61. The van der Waals surface area contributed by atoms with E-state index in [0.29, 0.717) is 6.42 Å². The summed E-state index contributed by atoms with van der Waals surface area (Å²) in [6.07, 6.45) is -4.00. The van der Waals surface area contributed by atoms with E-state index in [-0.39, 0.29) is 5.69 Å². The van der Waals surface area contributed by atoms with E-state index >= 15 is 0 Å². The van der Waals surface area contributed by atoms with E-state index in [2.05, 4.69) is 5.32 Å². The maximum Gasteiger partial charge on any atom is 0.416 e. The fourth-order valence-corrected chi connectivity index (χ4v) is 2.43. The molecule has 0 spiro atoms. The maximum absolute atomic E-state index is 12.7. The predicted octanol–water partition coefficient (Wildman–Crippen LogP) is 4.38. The zero-order valence-electron chi connectivity index (χ0n) is 14.0. The highest BCUT2D eigenvalue weighted by Gasteiger charge is 2.30. The van der Waals surface area contributed by atoms with Crippen LogP contribution in [-0.2, 0) is 20.5 Å². The minimum atomic E-state index is -4.50. The number of hydrogen-bond acceptors (Lipinski definition) is 3. The van der Waals surface area contributed by atoms with Gasteiger partial charge in [-0.2, -0.15) is 13.2 Å². The first-order chi connectivity index (χ1) is 12.3. The highest BCUT2D eigenvalue weighted by molar-refractivity contribution is 5.93. The van der Waals surface area contributed by atoms with Crippen molar-refractivity contribution < 1.29 is 27.5 Å². The molecule has 0 aromatic heterocycles. The van der Waals surface area contributed by atoms with Crippen molar-refractivity contribution in [1.29, 1.82) is 0 Å². The van der Waals surface area contributed by atoms with Crippen LogP contribution < -0.4 is 5.32 Å². The molecule has 0 aliphatic heterocycles. The Morgan fingerprint density at radius 3 is 2.38 bits per heavy atom. The minimum Gasteiger partial charge on any atom is -0.455 e. The molecule has 0 unspecified atom stereocenters. The van der Waals surface area contributed by atoms with Crippen LogP contribution >= 0.6 is 0 Å². The molecule has 0 bridgehead atoms. The van der Waals surface area contributed by atoms with Crippen LogP contribution in [0.3, 0.4) is 0 Å². The molecule has 0 saturated heterocycles. The van der Waals surface area contributed by atoms with E-state index < -0.39 is 36.1 Å². The van der Waals surface area contributed by atoms with Crippen molar-refractivity contribution in [1.82, 2.24) is 0 Å². The van der Waals surface area contributed by atoms with Gasteiger partial charge in [0.1, 0.15) is 0 Å². The second-order valence-electron chi connectivity index (χ2n) is 5.61. The number of rotatable bonds is 6. The first-order valence-electron chi connectivity index (χ1n) is 8.00. The first-order valence-corrected chi connectivity index (χ1v) is 8.00. The average molecular weight is 365 g/mol. The number of halogens is 3. The zero-order valence-corrected chi connectivity index (χ0v) is 14.0. The quantitative estimate of drug-likeness (QED) is 0.773. The minimum absolute atomic E-state index is 0.0176. The van der Waals surface area contributed by atoms with Crippen LogP contribution in [0.15, 0.2) is 54.6 Å². The Kier molecular flexibility index (Phi) is 6.38. The lowest BCUT2D eigenvalue weighted by atomic mass is 9.97. The van der Waals surface area contributed by atoms with Crippen LogP contribution in [0.4, 0.5) is 18.9 Å². The summed E-state index contributed by atoms with van der Waals surface area (Å²) >= 11 is 0. The molecule has 7 heteroatoms. The van der Waals surface area contributed by atoms with Gasteiger partial charge in [0, 0.05) is 5.69 Å². The van der Waals surface area contributed by atoms with Gasteiger partial charge in [-0.15, -0.1) is 0 Å². The Hall–Kier alpha value is -2.83. The molecule has 1 amide bonds. The lowest BCUT2D eigenvalue weighted by Crippen LogP contribution is -2.24. The summed E-state index contributed by atoms with van der Waals surface area (Å²) in [4.78, 5) is 24.0. The van der Waals surface area contributed by atoms with Crippen LogP contribution in [0.25, 0.3) is 0 Å². The third kappa shape index (κ3) is 5.34. The van der Waals surface area contributed by atoms with Crippen LogP contribution in [-0.4, -0.2) is 18.5 Å². The highest BCUT2D eigenvalue weighted by atomic mass is 19.4. The van der Waals surface area contributed by atoms with Gasteiger partial charge in [-0.3, -0.25) is 9.59 Å². The number of anilines is 1. The van der Waals surface area contributed by atoms with Crippen LogP contribution in [0.1, 0.15) is 30.4 Å². The third-order valence-electron chi connectivity index (χ3n) is 3.71. The molecule has 2 aromatic carbocycles. The number of carbonyl (C=O) groups excluding carboxylic acids is 2. The Bertz CT molecular complexity index is 760. The monoisotopic (exact) mass is 365 g/mol. The van der Waals surface area contributed by atoms with Crippen LogP contribution in [0.5, 0.6) is 0 Å². The van der Waals surface area contributed by atoms with E-state index in [1.165, 1.54) is 12.1 Å². The van der Waals surface area contributed by atoms with E-state index in [1.807, 2.05) is 13.0 Å². The Morgan fingerprint density at radius 2 is 1.77 bits per heavy atom. The van der Waals surface area contributed by atoms with E-state index in [1.54, 1.807) is 24.3 Å². The zero-order chi connectivity index (χ0) is 19.2. The van der Waals surface area contributed by atoms with Gasteiger partial charge < -0.3 is 10.1 Å². The van der Waals surface area contributed by atoms with Crippen molar-refractivity contribution in [2.45, 2.75) is 25.4 Å². The summed E-state index contributed by atoms with van der Waals surface area (Å²) in [5.74, 6) is -1.77. The summed E-state index contributed by atoms with van der Waals surface area (Å²) < 4.78 is 43.0. The van der Waals surface area contributed by atoms with Gasteiger partial charge in [-0.1, -0.05) is 43.3 Å². The van der Waals surface area contributed by atoms with E-state index in [0.717, 1.165) is 17.7 Å². The van der Waals surface area contributed by atoms with Crippen molar-refractivity contribution in [3.63, 3.8) is 0 Å². The van der Waals surface area contributed by atoms with Gasteiger partial charge in [0.05, 0.1) is 11.5 Å². The predicted molar refractivity (Wildman–Crippen MR) is 90.5 cm³/mol. The highest BCUT2D eigenvalue weighted by Crippen LogP contribution is 2.30. The fourth-order valence-electron chi connectivity index (χ4n) is 2.43. The van der Waals surface area contributed by atoms with Gasteiger partial charge in [0.2, 0.25) is 0 Å². The summed E-state index contributed by atoms with van der Waals surface area (Å²) in [5.41, 5.74) is -0.114. The number of ether oxygens (including phenoxy) is 1. The van der Waals surface area contributed by atoms with Gasteiger partial charge in [0.25, 0.3) is 5.91 Å². The number of esters is 1. The molecule has 0 fully saturated rings. The number of carbonyl (C=O) groups is 2. The largest absolute Gasteiger partial charge is 0.455 e. The van der Waals surface area contributed by atoms with Gasteiger partial charge >= 0.3 is 12.1 Å². The summed E-state index contributed by atoms with van der Waals surface area (Å²) in [7, 11) is 0. The molecule has 4 nitrogen and oxygen atoms in total. The maximum atomic E-state index is 12.7. The van der Waals surface area contributed by atoms with E-state index in [4.69, 9.17) is 4.74 Å². The Balaban J connectivity index is 1.93. The van der Waals surface area contributed by atoms with Crippen molar-refractivity contribution in [3.05, 3.63) is 65.7 Å². The van der Waals surface area contributed by atoms with Crippen LogP contribution in [0, 0.1) is 0 Å². The topological polar surface area (TPSA) is 55.4 Å². The molecule has 0 radical (unpaired) electrons. The lowest BCUT2D eigenvalue weighted by molar-refractivity contribution is -0.149. The molecule has 138 valence electrons. The van der Waals surface area contributed by atoms with Gasteiger partial charge in [-0.25, -0.2) is 0 Å². The Labute approximate surface area is 149 Å². The molecule has 26 heavy (non-hydrogen) atoms. The third-order valence-corrected chi connectivity index (χ3v) is 3.71. The summed E-state index contributed by atoms with van der Waals surface area (Å²) in [5, 5.41) is 2.29.